The van der Waals surface area contributed by atoms with Crippen molar-refractivity contribution in [3.8, 4) is 23.0 Å². The zero-order chi connectivity index (χ0) is 21.7. The van der Waals surface area contributed by atoms with Crippen molar-refractivity contribution < 1.29 is 18.9 Å². The second kappa shape index (κ2) is 9.04. The van der Waals surface area contributed by atoms with Crippen LogP contribution in [-0.2, 0) is 0 Å². The Bertz CT molecular complexity index is 1190. The van der Waals surface area contributed by atoms with Gasteiger partial charge in [-0.1, -0.05) is 12.1 Å². The van der Waals surface area contributed by atoms with Crippen LogP contribution in [0.5, 0.6) is 23.0 Å². The topological polar surface area (TPSA) is 103 Å². The standard InChI is InChI=1S/C22H22N2O6/c1-27-17-7-5-13(11-19(17)29-3)9-15-21(25)24-16(22(26)23-15)10-14-6-8-18(28-2)20(12-14)30-4/h5-12H,1-4H3,(H,23,26)(H,24,25)/b15-9+,16-10?. The van der Waals surface area contributed by atoms with E-state index in [1.165, 1.54) is 28.4 Å². The number of nitrogens with one attached hydrogen (secondary N) is 2. The molecule has 30 heavy (non-hydrogen) atoms. The van der Waals surface area contributed by atoms with E-state index in [2.05, 4.69) is 9.97 Å². The Morgan fingerprint density at radius 1 is 0.600 bits per heavy atom. The van der Waals surface area contributed by atoms with Crippen molar-refractivity contribution in [2.45, 2.75) is 0 Å². The largest absolute Gasteiger partial charge is 0.493 e. The van der Waals surface area contributed by atoms with Crippen molar-refractivity contribution in [3.05, 3.63) is 78.9 Å². The van der Waals surface area contributed by atoms with Gasteiger partial charge in [0.1, 0.15) is 10.7 Å². The van der Waals surface area contributed by atoms with Crippen LogP contribution in [0.15, 0.2) is 46.0 Å². The second-order valence-electron chi connectivity index (χ2n) is 6.25. The van der Waals surface area contributed by atoms with Crippen LogP contribution in [0.2, 0.25) is 0 Å². The first kappa shape index (κ1) is 20.8. The summed E-state index contributed by atoms with van der Waals surface area (Å²) in [5, 5.41) is 0.244. The van der Waals surface area contributed by atoms with Crippen molar-refractivity contribution in [1.82, 2.24) is 9.97 Å². The van der Waals surface area contributed by atoms with Crippen LogP contribution in [-0.4, -0.2) is 38.4 Å². The molecule has 0 saturated carbocycles. The lowest BCUT2D eigenvalue weighted by atomic mass is 10.2. The zero-order valence-electron chi connectivity index (χ0n) is 17.1. The summed E-state index contributed by atoms with van der Waals surface area (Å²) in [5.74, 6) is 2.17. The minimum atomic E-state index is -0.434. The Labute approximate surface area is 172 Å². The van der Waals surface area contributed by atoms with Gasteiger partial charge in [0.25, 0.3) is 11.1 Å². The lowest BCUT2D eigenvalue weighted by molar-refractivity contribution is 0.355. The maximum Gasteiger partial charge on any atom is 0.272 e. The maximum absolute atomic E-state index is 12.5. The highest BCUT2D eigenvalue weighted by Crippen LogP contribution is 2.28. The molecule has 0 aliphatic heterocycles. The molecule has 0 atom stereocenters. The van der Waals surface area contributed by atoms with Crippen molar-refractivity contribution in [2.75, 3.05) is 28.4 Å². The number of ether oxygens (including phenoxy) is 4. The third kappa shape index (κ3) is 4.38. The summed E-state index contributed by atoms with van der Waals surface area (Å²) in [7, 11) is 6.12. The Morgan fingerprint density at radius 3 is 1.30 bits per heavy atom. The van der Waals surface area contributed by atoms with Crippen LogP contribution in [0.3, 0.4) is 0 Å². The number of hydrogen-bond acceptors (Lipinski definition) is 6. The van der Waals surface area contributed by atoms with Crippen molar-refractivity contribution in [1.29, 1.82) is 0 Å². The molecule has 3 aromatic rings. The fourth-order valence-electron chi connectivity index (χ4n) is 2.91. The summed E-state index contributed by atoms with van der Waals surface area (Å²) in [6.07, 6.45) is 3.12. The molecule has 8 heteroatoms. The van der Waals surface area contributed by atoms with Crippen LogP contribution in [0, 0.1) is 0 Å². The van der Waals surface area contributed by atoms with Crippen LogP contribution in [0.4, 0.5) is 0 Å². The molecule has 0 saturated heterocycles. The fourth-order valence-corrected chi connectivity index (χ4v) is 2.91. The molecule has 0 spiro atoms. The van der Waals surface area contributed by atoms with E-state index >= 15 is 0 Å². The van der Waals surface area contributed by atoms with Gasteiger partial charge in [0, 0.05) is 0 Å². The van der Waals surface area contributed by atoms with Gasteiger partial charge in [-0.3, -0.25) is 9.59 Å². The Balaban J connectivity index is 2.06. The van der Waals surface area contributed by atoms with Crippen molar-refractivity contribution in [3.63, 3.8) is 0 Å². The summed E-state index contributed by atoms with van der Waals surface area (Å²) in [4.78, 5) is 30.3. The molecule has 8 nitrogen and oxygen atoms in total. The molecule has 0 amide bonds. The molecule has 2 N–H and O–H groups in total. The maximum atomic E-state index is 12.5. The summed E-state index contributed by atoms with van der Waals surface area (Å²) in [5.41, 5.74) is 0.475. The highest BCUT2D eigenvalue weighted by molar-refractivity contribution is 5.56. The summed E-state index contributed by atoms with van der Waals surface area (Å²) >= 11 is 0. The molecule has 156 valence electrons. The molecule has 0 radical (unpaired) electrons. The normalized spacial score (nSPS) is 12.0. The summed E-state index contributed by atoms with van der Waals surface area (Å²) < 4.78 is 20.9. The predicted molar refractivity (Wildman–Crippen MR) is 113 cm³/mol. The van der Waals surface area contributed by atoms with Gasteiger partial charge in [-0.15, -0.1) is 0 Å². The van der Waals surface area contributed by atoms with E-state index in [1.807, 2.05) is 0 Å². The first-order chi connectivity index (χ1) is 14.5. The molecule has 1 heterocycles. The van der Waals surface area contributed by atoms with E-state index in [0.29, 0.717) is 34.1 Å². The lowest BCUT2D eigenvalue weighted by Crippen LogP contribution is -2.46. The number of benzene rings is 2. The molecule has 0 unspecified atom stereocenters. The van der Waals surface area contributed by atoms with Crippen molar-refractivity contribution in [2.24, 2.45) is 0 Å². The second-order valence-corrected chi connectivity index (χ2v) is 6.25. The monoisotopic (exact) mass is 410 g/mol. The average molecular weight is 410 g/mol. The minimum Gasteiger partial charge on any atom is -0.493 e. The van der Waals surface area contributed by atoms with E-state index in [9.17, 15) is 9.59 Å². The van der Waals surface area contributed by atoms with Crippen LogP contribution < -0.4 is 40.8 Å². The number of methoxy groups -OCH3 is 4. The Morgan fingerprint density at radius 2 is 0.967 bits per heavy atom. The molecule has 0 aliphatic rings. The first-order valence-electron chi connectivity index (χ1n) is 8.99. The quantitative estimate of drug-likeness (QED) is 0.622. The fraction of sp³-hybridized carbons (Fsp3) is 0.182. The van der Waals surface area contributed by atoms with E-state index in [0.717, 1.165) is 0 Å². The third-order valence-corrected chi connectivity index (χ3v) is 4.42. The number of aromatic nitrogens is 2. The minimum absolute atomic E-state index is 0.122. The van der Waals surface area contributed by atoms with Gasteiger partial charge in [0.2, 0.25) is 0 Å². The molecule has 2 aromatic carbocycles. The number of H-pyrrole nitrogens is 2. The molecule has 0 aliphatic carbocycles. The molecular weight excluding hydrogens is 388 g/mol. The van der Waals surface area contributed by atoms with Gasteiger partial charge >= 0.3 is 0 Å². The van der Waals surface area contributed by atoms with Crippen LogP contribution in [0.1, 0.15) is 11.1 Å². The van der Waals surface area contributed by atoms with Gasteiger partial charge in [-0.05, 0) is 47.5 Å². The third-order valence-electron chi connectivity index (χ3n) is 4.42. The molecule has 0 bridgehead atoms. The van der Waals surface area contributed by atoms with E-state index in [1.54, 1.807) is 48.6 Å². The average Bonchev–Trinajstić information content (AvgIpc) is 2.76. The Kier molecular flexibility index (Phi) is 6.26. The van der Waals surface area contributed by atoms with Gasteiger partial charge in [-0.25, -0.2) is 0 Å². The van der Waals surface area contributed by atoms with E-state index < -0.39 is 11.1 Å². The summed E-state index contributed by atoms with van der Waals surface area (Å²) in [6.45, 7) is 0. The number of rotatable bonds is 6. The molecule has 3 rings (SSSR count). The molecular formula is C22H22N2O6. The predicted octanol–water partition coefficient (Wildman–Crippen LogP) is 0.755. The van der Waals surface area contributed by atoms with Crippen LogP contribution in [0.25, 0.3) is 12.2 Å². The lowest BCUT2D eigenvalue weighted by Gasteiger charge is -2.07. The summed E-state index contributed by atoms with van der Waals surface area (Å²) in [6, 6.07) is 10.4. The first-order valence-corrected chi connectivity index (χ1v) is 8.99. The van der Waals surface area contributed by atoms with Crippen LogP contribution >= 0.6 is 0 Å². The van der Waals surface area contributed by atoms with Gasteiger partial charge in [0.15, 0.2) is 23.0 Å². The number of aromatic amines is 2. The Hall–Kier alpha value is -3.94. The smallest absolute Gasteiger partial charge is 0.272 e. The van der Waals surface area contributed by atoms with E-state index in [-0.39, 0.29) is 10.7 Å². The number of hydrogen-bond donors (Lipinski definition) is 2. The van der Waals surface area contributed by atoms with Gasteiger partial charge < -0.3 is 28.9 Å². The SMILES string of the molecule is COc1ccc(C=c2[nH]c(=O)/c(=C\c3ccc(OC)c(OC)c3)[nH]c2=O)cc1OC. The highest BCUT2D eigenvalue weighted by Gasteiger charge is 2.05. The van der Waals surface area contributed by atoms with Gasteiger partial charge in [0.05, 0.1) is 28.4 Å². The molecule has 1 aromatic heterocycles. The van der Waals surface area contributed by atoms with Crippen molar-refractivity contribution >= 4 is 12.2 Å². The zero-order valence-corrected chi connectivity index (χ0v) is 17.1. The van der Waals surface area contributed by atoms with Gasteiger partial charge in [-0.2, -0.15) is 0 Å². The molecule has 0 fully saturated rings. The highest BCUT2D eigenvalue weighted by atomic mass is 16.5. The van der Waals surface area contributed by atoms with E-state index in [4.69, 9.17) is 18.9 Å².